The number of hydrogen-bond acceptors (Lipinski definition) is 3. The minimum Gasteiger partial charge on any atom is -0.476 e. The summed E-state index contributed by atoms with van der Waals surface area (Å²) in [5.41, 5.74) is 0.0852. The molecule has 1 fully saturated rings. The van der Waals surface area contributed by atoms with Crippen molar-refractivity contribution < 1.29 is 14.7 Å². The average Bonchev–Trinajstić information content (AvgIpc) is 2.46. The summed E-state index contributed by atoms with van der Waals surface area (Å²) in [4.78, 5) is 28.8. The van der Waals surface area contributed by atoms with Crippen molar-refractivity contribution >= 4 is 17.7 Å². The number of hydrogen-bond donors (Lipinski definition) is 2. The van der Waals surface area contributed by atoms with Gasteiger partial charge in [-0.3, -0.25) is 0 Å². The predicted molar refractivity (Wildman–Crippen MR) is 79.4 cm³/mol. The highest BCUT2D eigenvalue weighted by Crippen LogP contribution is 2.27. The fourth-order valence-corrected chi connectivity index (χ4v) is 2.80. The molecule has 1 aromatic rings. The number of carboxylic acid groups (broad SMARTS) is 1. The second kappa shape index (κ2) is 6.56. The highest BCUT2D eigenvalue weighted by Gasteiger charge is 2.26. The van der Waals surface area contributed by atoms with Crippen LogP contribution in [0.25, 0.3) is 0 Å². The summed E-state index contributed by atoms with van der Waals surface area (Å²) in [6.45, 7) is 2.20. The third kappa shape index (κ3) is 3.71. The number of aromatic carboxylic acids is 1. The first-order valence-corrected chi connectivity index (χ1v) is 7.21. The molecule has 0 bridgehead atoms. The molecule has 2 unspecified atom stereocenters. The predicted octanol–water partition coefficient (Wildman–Crippen LogP) is 2.82. The van der Waals surface area contributed by atoms with Crippen molar-refractivity contribution in [3.63, 3.8) is 0 Å². The minimum absolute atomic E-state index is 0.142. The Kier molecular flexibility index (Phi) is 4.77. The van der Waals surface area contributed by atoms with Crippen molar-refractivity contribution in [1.82, 2.24) is 9.88 Å². The van der Waals surface area contributed by atoms with E-state index in [0.717, 1.165) is 19.3 Å². The molecule has 0 aliphatic heterocycles. The average molecular weight is 291 g/mol. The third-order valence-electron chi connectivity index (χ3n) is 4.03. The number of pyridine rings is 1. The summed E-state index contributed by atoms with van der Waals surface area (Å²) in [5.74, 6) is -0.535. The molecular weight excluding hydrogens is 270 g/mol. The van der Waals surface area contributed by atoms with Gasteiger partial charge in [0.1, 0.15) is 0 Å². The fraction of sp³-hybridized carbons (Fsp3) is 0.533. The van der Waals surface area contributed by atoms with Gasteiger partial charge in [0.2, 0.25) is 0 Å². The van der Waals surface area contributed by atoms with Crippen LogP contribution in [0.3, 0.4) is 0 Å². The highest BCUT2D eigenvalue weighted by molar-refractivity contribution is 5.98. The maximum atomic E-state index is 12.3. The second-order valence-corrected chi connectivity index (χ2v) is 5.67. The van der Waals surface area contributed by atoms with E-state index in [4.69, 9.17) is 5.11 Å². The van der Waals surface area contributed by atoms with E-state index in [2.05, 4.69) is 17.2 Å². The number of urea groups is 1. The smallest absolute Gasteiger partial charge is 0.356 e. The molecule has 1 aliphatic carbocycles. The van der Waals surface area contributed by atoms with Crippen molar-refractivity contribution in [2.24, 2.45) is 5.92 Å². The van der Waals surface area contributed by atoms with Crippen molar-refractivity contribution in [2.75, 3.05) is 12.4 Å². The largest absolute Gasteiger partial charge is 0.476 e. The van der Waals surface area contributed by atoms with E-state index in [-0.39, 0.29) is 23.5 Å². The number of carboxylic acids is 1. The Labute approximate surface area is 124 Å². The molecule has 0 saturated heterocycles. The summed E-state index contributed by atoms with van der Waals surface area (Å²) >= 11 is 0. The van der Waals surface area contributed by atoms with Gasteiger partial charge in [0.15, 0.2) is 5.69 Å². The first-order chi connectivity index (χ1) is 9.99. The molecule has 1 aliphatic rings. The second-order valence-electron chi connectivity index (χ2n) is 5.67. The first kappa shape index (κ1) is 15.3. The van der Waals surface area contributed by atoms with Crippen LogP contribution in [0.2, 0.25) is 0 Å². The zero-order chi connectivity index (χ0) is 15.4. The summed E-state index contributed by atoms with van der Waals surface area (Å²) in [5, 5.41) is 11.7. The van der Waals surface area contributed by atoms with Gasteiger partial charge < -0.3 is 15.3 Å². The monoisotopic (exact) mass is 291 g/mol. The lowest BCUT2D eigenvalue weighted by molar-refractivity contribution is 0.0691. The molecule has 1 saturated carbocycles. The SMILES string of the molecule is CC1CCCC(N(C)C(=O)Nc2cccnc2C(=O)O)C1. The fourth-order valence-electron chi connectivity index (χ4n) is 2.80. The maximum absolute atomic E-state index is 12.3. The van der Waals surface area contributed by atoms with Crippen LogP contribution in [-0.2, 0) is 0 Å². The van der Waals surface area contributed by atoms with Crippen LogP contribution in [0.5, 0.6) is 0 Å². The van der Waals surface area contributed by atoms with E-state index in [1.54, 1.807) is 24.1 Å². The van der Waals surface area contributed by atoms with Crippen LogP contribution >= 0.6 is 0 Å². The Bertz CT molecular complexity index is 533. The molecule has 1 heterocycles. The van der Waals surface area contributed by atoms with E-state index in [9.17, 15) is 9.59 Å². The van der Waals surface area contributed by atoms with Crippen molar-refractivity contribution in [1.29, 1.82) is 0 Å². The standard InChI is InChI=1S/C15H21N3O3/c1-10-5-3-6-11(9-10)18(2)15(21)17-12-7-4-8-16-13(12)14(19)20/h4,7-8,10-11H,3,5-6,9H2,1-2H3,(H,17,21)(H,19,20). The molecule has 1 aromatic heterocycles. The van der Waals surface area contributed by atoms with E-state index in [0.29, 0.717) is 5.92 Å². The molecule has 0 radical (unpaired) electrons. The number of carbonyl (C=O) groups is 2. The number of carbonyl (C=O) groups excluding carboxylic acids is 1. The van der Waals surface area contributed by atoms with Crippen LogP contribution in [-0.4, -0.2) is 40.1 Å². The lowest BCUT2D eigenvalue weighted by Crippen LogP contribution is -2.42. The van der Waals surface area contributed by atoms with Crippen LogP contribution in [0.1, 0.15) is 43.1 Å². The number of anilines is 1. The van der Waals surface area contributed by atoms with E-state index >= 15 is 0 Å². The third-order valence-corrected chi connectivity index (χ3v) is 4.03. The molecule has 6 heteroatoms. The summed E-state index contributed by atoms with van der Waals surface area (Å²) in [7, 11) is 1.76. The molecule has 2 amide bonds. The van der Waals surface area contributed by atoms with Gasteiger partial charge in [0.25, 0.3) is 0 Å². The number of rotatable bonds is 3. The summed E-state index contributed by atoms with van der Waals surface area (Å²) < 4.78 is 0. The van der Waals surface area contributed by atoms with E-state index < -0.39 is 5.97 Å². The number of nitrogens with zero attached hydrogens (tertiary/aromatic N) is 2. The van der Waals surface area contributed by atoms with Crippen molar-refractivity contribution in [3.8, 4) is 0 Å². The van der Waals surface area contributed by atoms with Crippen molar-refractivity contribution in [3.05, 3.63) is 24.0 Å². The summed E-state index contributed by atoms with van der Waals surface area (Å²) in [6, 6.07) is 3.07. The first-order valence-electron chi connectivity index (χ1n) is 7.21. The van der Waals surface area contributed by atoms with Gasteiger partial charge in [-0.2, -0.15) is 0 Å². The molecule has 2 N–H and O–H groups in total. The Morgan fingerprint density at radius 1 is 1.43 bits per heavy atom. The Hall–Kier alpha value is -2.11. The molecule has 114 valence electrons. The zero-order valence-corrected chi connectivity index (χ0v) is 12.4. The van der Waals surface area contributed by atoms with Crippen LogP contribution in [0.4, 0.5) is 10.5 Å². The van der Waals surface area contributed by atoms with Gasteiger partial charge in [-0.05, 0) is 30.9 Å². The molecular formula is C15H21N3O3. The van der Waals surface area contributed by atoms with Gasteiger partial charge in [-0.1, -0.05) is 19.8 Å². The minimum atomic E-state index is -1.15. The maximum Gasteiger partial charge on any atom is 0.356 e. The van der Waals surface area contributed by atoms with Crippen LogP contribution < -0.4 is 5.32 Å². The number of aromatic nitrogens is 1. The molecule has 2 rings (SSSR count). The van der Waals surface area contributed by atoms with Gasteiger partial charge in [0.05, 0.1) is 5.69 Å². The molecule has 21 heavy (non-hydrogen) atoms. The van der Waals surface area contributed by atoms with E-state index in [1.807, 2.05) is 0 Å². The Morgan fingerprint density at radius 2 is 2.19 bits per heavy atom. The van der Waals surface area contributed by atoms with Gasteiger partial charge in [0, 0.05) is 19.3 Å². The lowest BCUT2D eigenvalue weighted by atomic mass is 9.86. The molecule has 0 aromatic carbocycles. The van der Waals surface area contributed by atoms with Gasteiger partial charge >= 0.3 is 12.0 Å². The normalized spacial score (nSPS) is 21.6. The molecule has 2 atom stereocenters. The van der Waals surface area contributed by atoms with E-state index in [1.165, 1.54) is 12.6 Å². The zero-order valence-electron chi connectivity index (χ0n) is 12.4. The highest BCUT2D eigenvalue weighted by atomic mass is 16.4. The lowest BCUT2D eigenvalue weighted by Gasteiger charge is -2.34. The summed E-state index contributed by atoms with van der Waals surface area (Å²) in [6.07, 6.45) is 5.70. The Morgan fingerprint density at radius 3 is 2.86 bits per heavy atom. The van der Waals surface area contributed by atoms with Gasteiger partial charge in [-0.15, -0.1) is 0 Å². The van der Waals surface area contributed by atoms with Crippen molar-refractivity contribution in [2.45, 2.75) is 38.6 Å². The topological polar surface area (TPSA) is 82.5 Å². The Balaban J connectivity index is 2.05. The molecule has 0 spiro atoms. The molecule has 6 nitrogen and oxygen atoms in total. The van der Waals surface area contributed by atoms with Crippen LogP contribution in [0.15, 0.2) is 18.3 Å². The number of amides is 2. The van der Waals surface area contributed by atoms with Crippen LogP contribution in [0, 0.1) is 5.92 Å². The number of nitrogens with one attached hydrogen (secondary N) is 1. The quantitative estimate of drug-likeness (QED) is 0.897. The van der Waals surface area contributed by atoms with Gasteiger partial charge in [-0.25, -0.2) is 14.6 Å².